The highest BCUT2D eigenvalue weighted by atomic mass is 16.5. The molecule has 0 N–H and O–H groups in total. The summed E-state index contributed by atoms with van der Waals surface area (Å²) in [6.45, 7) is 8.21. The van der Waals surface area contributed by atoms with E-state index in [0.29, 0.717) is 19.2 Å². The lowest BCUT2D eigenvalue weighted by atomic mass is 10.1. The maximum atomic E-state index is 12.3. The molecule has 1 rings (SSSR count). The fourth-order valence-corrected chi connectivity index (χ4v) is 2.02. The summed E-state index contributed by atoms with van der Waals surface area (Å²) in [6, 6.07) is 8.18. The number of nitrogens with zero attached hydrogens (tertiary/aromatic N) is 1. The van der Waals surface area contributed by atoms with Crippen molar-refractivity contribution in [2.75, 3.05) is 26.8 Å². The summed E-state index contributed by atoms with van der Waals surface area (Å²) in [6.07, 6.45) is 1.03. The number of carbonyl (C=O) groups excluding carboxylic acids is 1. The number of hydrogen-bond donors (Lipinski definition) is 0. The van der Waals surface area contributed by atoms with Crippen LogP contribution in [0.4, 0.5) is 0 Å². The van der Waals surface area contributed by atoms with E-state index in [-0.39, 0.29) is 5.78 Å². The first-order valence-corrected chi connectivity index (χ1v) is 6.91. The van der Waals surface area contributed by atoms with Crippen molar-refractivity contribution < 1.29 is 9.53 Å². The Morgan fingerprint density at radius 3 is 2.74 bits per heavy atom. The average Bonchev–Trinajstić information content (AvgIpc) is 2.42. The molecule has 106 valence electrons. The van der Waals surface area contributed by atoms with Crippen molar-refractivity contribution in [3.05, 3.63) is 35.4 Å². The summed E-state index contributed by atoms with van der Waals surface area (Å²) < 4.78 is 5.12. The van der Waals surface area contributed by atoms with Gasteiger partial charge in [-0.1, -0.05) is 30.7 Å². The minimum Gasteiger partial charge on any atom is -0.383 e. The molecule has 0 aliphatic heterocycles. The van der Waals surface area contributed by atoms with Gasteiger partial charge in [0.1, 0.15) is 0 Å². The Morgan fingerprint density at radius 2 is 2.16 bits per heavy atom. The summed E-state index contributed by atoms with van der Waals surface area (Å²) in [5.74, 6) is 0.181. The molecular formula is C16H25NO2. The first kappa shape index (κ1) is 15.9. The number of methoxy groups -OCH3 is 1. The van der Waals surface area contributed by atoms with E-state index in [1.807, 2.05) is 31.2 Å². The van der Waals surface area contributed by atoms with Crippen LogP contribution in [-0.2, 0) is 4.74 Å². The normalized spacial score (nSPS) is 12.7. The monoisotopic (exact) mass is 263 g/mol. The van der Waals surface area contributed by atoms with Crippen LogP contribution >= 0.6 is 0 Å². The van der Waals surface area contributed by atoms with Gasteiger partial charge < -0.3 is 4.74 Å². The molecule has 0 saturated carbocycles. The highest BCUT2D eigenvalue weighted by Gasteiger charge is 2.16. The molecule has 0 aromatic heterocycles. The molecule has 3 heteroatoms. The van der Waals surface area contributed by atoms with Gasteiger partial charge in [0.25, 0.3) is 0 Å². The summed E-state index contributed by atoms with van der Waals surface area (Å²) in [4.78, 5) is 14.5. The van der Waals surface area contributed by atoms with E-state index in [1.54, 1.807) is 7.11 Å². The van der Waals surface area contributed by atoms with E-state index in [0.717, 1.165) is 24.1 Å². The van der Waals surface area contributed by atoms with Gasteiger partial charge in [0.15, 0.2) is 5.78 Å². The van der Waals surface area contributed by atoms with Gasteiger partial charge in [0.05, 0.1) is 13.2 Å². The van der Waals surface area contributed by atoms with Crippen LogP contribution < -0.4 is 0 Å². The molecule has 1 aromatic rings. The highest BCUT2D eigenvalue weighted by Crippen LogP contribution is 2.09. The van der Waals surface area contributed by atoms with Gasteiger partial charge >= 0.3 is 0 Å². The molecule has 0 radical (unpaired) electrons. The molecule has 0 spiro atoms. The van der Waals surface area contributed by atoms with Crippen LogP contribution in [0, 0.1) is 6.92 Å². The zero-order chi connectivity index (χ0) is 14.3. The van der Waals surface area contributed by atoms with Gasteiger partial charge in [-0.25, -0.2) is 0 Å². The second-order valence-corrected chi connectivity index (χ2v) is 5.01. The Morgan fingerprint density at radius 1 is 1.42 bits per heavy atom. The van der Waals surface area contributed by atoms with Crippen LogP contribution in [0.3, 0.4) is 0 Å². The lowest BCUT2D eigenvalue weighted by Gasteiger charge is -2.27. The van der Waals surface area contributed by atoms with E-state index < -0.39 is 0 Å². The molecule has 0 saturated heterocycles. The van der Waals surface area contributed by atoms with Crippen molar-refractivity contribution in [2.45, 2.75) is 33.2 Å². The van der Waals surface area contributed by atoms with E-state index >= 15 is 0 Å². The minimum absolute atomic E-state index is 0.181. The largest absolute Gasteiger partial charge is 0.383 e. The Kier molecular flexibility index (Phi) is 6.74. The Hall–Kier alpha value is -1.19. The molecule has 0 aliphatic rings. The van der Waals surface area contributed by atoms with Crippen molar-refractivity contribution in [1.82, 2.24) is 4.90 Å². The van der Waals surface area contributed by atoms with Crippen LogP contribution in [-0.4, -0.2) is 43.5 Å². The standard InChI is InChI=1S/C16H25NO2/c1-5-14(3)17(9-10-19-4)12-16(18)15-8-6-7-13(2)11-15/h6-8,11,14H,5,9-10,12H2,1-4H3. The van der Waals surface area contributed by atoms with Gasteiger partial charge in [-0.15, -0.1) is 0 Å². The average molecular weight is 263 g/mol. The fourth-order valence-electron chi connectivity index (χ4n) is 2.02. The predicted octanol–water partition coefficient (Wildman–Crippen LogP) is 2.92. The molecule has 0 bridgehead atoms. The third-order valence-electron chi connectivity index (χ3n) is 3.48. The molecule has 0 aliphatic carbocycles. The molecular weight excluding hydrogens is 238 g/mol. The molecule has 0 amide bonds. The van der Waals surface area contributed by atoms with Crippen molar-refractivity contribution in [3.8, 4) is 0 Å². The lowest BCUT2D eigenvalue weighted by Crippen LogP contribution is -2.39. The number of benzene rings is 1. The quantitative estimate of drug-likeness (QED) is 0.675. The third-order valence-corrected chi connectivity index (χ3v) is 3.48. The van der Waals surface area contributed by atoms with E-state index in [1.165, 1.54) is 0 Å². The molecule has 0 heterocycles. The number of hydrogen-bond acceptors (Lipinski definition) is 3. The number of ether oxygens (including phenoxy) is 1. The van der Waals surface area contributed by atoms with Gasteiger partial charge in [-0.3, -0.25) is 9.69 Å². The molecule has 3 nitrogen and oxygen atoms in total. The Balaban J connectivity index is 2.69. The zero-order valence-electron chi connectivity index (χ0n) is 12.5. The van der Waals surface area contributed by atoms with E-state index in [4.69, 9.17) is 4.74 Å². The first-order chi connectivity index (χ1) is 9.08. The predicted molar refractivity (Wildman–Crippen MR) is 78.7 cm³/mol. The highest BCUT2D eigenvalue weighted by molar-refractivity contribution is 5.97. The van der Waals surface area contributed by atoms with Gasteiger partial charge in [-0.05, 0) is 26.3 Å². The van der Waals surface area contributed by atoms with Crippen LogP contribution in [0.2, 0.25) is 0 Å². The number of aryl methyl sites for hydroxylation is 1. The number of rotatable bonds is 8. The third kappa shape index (κ3) is 5.13. The lowest BCUT2D eigenvalue weighted by molar-refractivity contribution is 0.0834. The van der Waals surface area contributed by atoms with E-state index in [2.05, 4.69) is 18.7 Å². The van der Waals surface area contributed by atoms with Crippen LogP contribution in [0.1, 0.15) is 36.2 Å². The second kappa shape index (κ2) is 8.08. The van der Waals surface area contributed by atoms with Crippen molar-refractivity contribution >= 4 is 5.78 Å². The maximum absolute atomic E-state index is 12.3. The summed E-state index contributed by atoms with van der Waals surface area (Å²) in [5.41, 5.74) is 1.92. The summed E-state index contributed by atoms with van der Waals surface area (Å²) in [7, 11) is 1.69. The molecule has 1 atom stereocenters. The number of ketones is 1. The Bertz CT molecular complexity index is 403. The maximum Gasteiger partial charge on any atom is 0.176 e. The number of carbonyl (C=O) groups is 1. The van der Waals surface area contributed by atoms with Gasteiger partial charge in [0.2, 0.25) is 0 Å². The van der Waals surface area contributed by atoms with Gasteiger partial charge in [0, 0.05) is 25.3 Å². The van der Waals surface area contributed by atoms with Crippen LogP contribution in [0.15, 0.2) is 24.3 Å². The van der Waals surface area contributed by atoms with Crippen molar-refractivity contribution in [3.63, 3.8) is 0 Å². The first-order valence-electron chi connectivity index (χ1n) is 6.91. The second-order valence-electron chi connectivity index (χ2n) is 5.01. The van der Waals surface area contributed by atoms with Crippen molar-refractivity contribution in [2.24, 2.45) is 0 Å². The van der Waals surface area contributed by atoms with E-state index in [9.17, 15) is 4.79 Å². The number of Topliss-reactive ketones (excluding diaryl/α,β-unsaturated/α-hetero) is 1. The molecule has 1 aromatic carbocycles. The molecule has 0 fully saturated rings. The summed E-state index contributed by atoms with van der Waals surface area (Å²) >= 11 is 0. The molecule has 1 unspecified atom stereocenters. The Labute approximate surface area is 116 Å². The van der Waals surface area contributed by atoms with Gasteiger partial charge in [-0.2, -0.15) is 0 Å². The van der Waals surface area contributed by atoms with Crippen molar-refractivity contribution in [1.29, 1.82) is 0 Å². The minimum atomic E-state index is 0.181. The fraction of sp³-hybridized carbons (Fsp3) is 0.562. The van der Waals surface area contributed by atoms with Crippen LogP contribution in [0.5, 0.6) is 0 Å². The topological polar surface area (TPSA) is 29.5 Å². The summed E-state index contributed by atoms with van der Waals surface area (Å²) in [5, 5.41) is 0. The molecule has 19 heavy (non-hydrogen) atoms. The van der Waals surface area contributed by atoms with Crippen LogP contribution in [0.25, 0.3) is 0 Å². The SMILES string of the molecule is CCC(C)N(CCOC)CC(=O)c1cccc(C)c1. The zero-order valence-corrected chi connectivity index (χ0v) is 12.5. The smallest absolute Gasteiger partial charge is 0.176 e.